The molecule has 4 aromatic rings. The molecule has 2 N–H and O–H groups in total. The van der Waals surface area contributed by atoms with Crippen LogP contribution in [0.25, 0.3) is 10.8 Å². The minimum Gasteiger partial charge on any atom is -0.507 e. The summed E-state index contributed by atoms with van der Waals surface area (Å²) in [4.78, 5) is 61.9. The van der Waals surface area contributed by atoms with Gasteiger partial charge >= 0.3 is 6.18 Å². The van der Waals surface area contributed by atoms with Crippen molar-refractivity contribution in [3.63, 3.8) is 0 Å². The maximum Gasteiger partial charge on any atom is 0.417 e. The fourth-order valence-corrected chi connectivity index (χ4v) is 9.18. The Morgan fingerprint density at radius 1 is 0.922 bits per heavy atom. The van der Waals surface area contributed by atoms with E-state index in [0.29, 0.717) is 44.8 Å². The quantitative estimate of drug-likeness (QED) is 0.173. The molecule has 51 heavy (non-hydrogen) atoms. The molecule has 8 rings (SSSR count). The second-order valence-electron chi connectivity index (χ2n) is 13.4. The summed E-state index contributed by atoms with van der Waals surface area (Å²) in [6.45, 7) is 0. The fourth-order valence-electron chi connectivity index (χ4n) is 8.84. The van der Waals surface area contributed by atoms with Crippen molar-refractivity contribution >= 4 is 63.4 Å². The van der Waals surface area contributed by atoms with Crippen molar-refractivity contribution in [2.75, 3.05) is 12.5 Å². The summed E-state index contributed by atoms with van der Waals surface area (Å²) in [5.41, 5.74) is 1.54. The van der Waals surface area contributed by atoms with Gasteiger partial charge in [0, 0.05) is 29.6 Å². The Labute approximate surface area is 298 Å². The lowest BCUT2D eigenvalue weighted by molar-refractivity contribution is -0.140. The van der Waals surface area contributed by atoms with E-state index in [2.05, 4.69) is 10.4 Å². The van der Waals surface area contributed by atoms with Crippen molar-refractivity contribution in [3.05, 3.63) is 111 Å². The van der Waals surface area contributed by atoms with Crippen molar-refractivity contribution in [2.24, 2.45) is 23.7 Å². The van der Waals surface area contributed by atoms with E-state index >= 15 is 4.79 Å². The summed E-state index contributed by atoms with van der Waals surface area (Å²) in [6, 6.07) is 17.4. The number of hydrazine groups is 1. The molecule has 0 radical (unpaired) electrons. The summed E-state index contributed by atoms with van der Waals surface area (Å²) >= 11 is 12.6. The van der Waals surface area contributed by atoms with Crippen molar-refractivity contribution in [1.29, 1.82) is 0 Å². The topological polar surface area (TPSA) is 120 Å². The monoisotopic (exact) mass is 734 g/mol. The number of anilines is 1. The molecular weight excluding hydrogens is 708 g/mol. The highest BCUT2D eigenvalue weighted by atomic mass is 35.5. The van der Waals surface area contributed by atoms with E-state index in [9.17, 15) is 32.7 Å². The van der Waals surface area contributed by atoms with Crippen molar-refractivity contribution in [2.45, 2.75) is 30.4 Å². The first-order valence-electron chi connectivity index (χ1n) is 16.1. The van der Waals surface area contributed by atoms with E-state index < -0.39 is 63.6 Å². The van der Waals surface area contributed by atoms with Crippen molar-refractivity contribution in [1.82, 2.24) is 14.9 Å². The first-order valence-corrected chi connectivity index (χ1v) is 16.9. The third-order valence-electron chi connectivity index (χ3n) is 11.0. The Morgan fingerprint density at radius 2 is 1.63 bits per heavy atom. The SMILES string of the molecule is CN1C(=O)[C@H]2[C@H](CC=C3[C@H]2C[C@H]2C(=O)N(Nc4ncc(C(F)(F)F)cc4Cl)C(=O)[C@@]2(c2ccc(Cl)cc2)[C@H]3c2ccc(O)c3ccccc23)C1=O. The molecule has 1 saturated carbocycles. The number of hydrogen-bond acceptors (Lipinski definition) is 7. The first-order chi connectivity index (χ1) is 24.2. The number of likely N-dealkylation sites (tertiary alicyclic amines) is 1. The number of allylic oxidation sites excluding steroid dienone is 2. The van der Waals surface area contributed by atoms with Crippen molar-refractivity contribution in [3.8, 4) is 5.75 Å². The van der Waals surface area contributed by atoms with Crippen LogP contribution in [0.15, 0.2) is 84.6 Å². The Hall–Kier alpha value is -4.94. The normalized spacial score (nSPS) is 27.4. The number of imide groups is 2. The molecule has 4 aliphatic rings. The Kier molecular flexibility index (Phi) is 7.52. The minimum atomic E-state index is -4.74. The van der Waals surface area contributed by atoms with Crippen LogP contribution in [0.3, 0.4) is 0 Å². The standard InChI is InChI=1S/C37H27Cl2F3N4O5/c1-45-32(48)24-11-10-23-25(29(24)34(45)50)15-26-33(49)46(44-31-27(39)14-18(16-43-31)37(40,41)42)35(51)36(26,17-6-8-19(38)9-7-17)30(23)22-12-13-28(47)21-5-3-2-4-20(21)22/h2-10,12-14,16,24-26,29-30,47H,11,15H2,1H3,(H,43,44)/t24-,25+,26-,29-,30-,36+/m0/s1. The van der Waals surface area contributed by atoms with Gasteiger partial charge in [-0.15, -0.1) is 0 Å². The fraction of sp³-hybridized carbons (Fsp3) is 0.270. The summed E-state index contributed by atoms with van der Waals surface area (Å²) in [6.07, 6.45) is -2.05. The van der Waals surface area contributed by atoms with Crippen LogP contribution in [0.1, 0.15) is 35.4 Å². The van der Waals surface area contributed by atoms with Crippen LogP contribution in [0.5, 0.6) is 5.75 Å². The summed E-state index contributed by atoms with van der Waals surface area (Å²) < 4.78 is 40.3. The minimum absolute atomic E-state index is 0.00480. The number of rotatable bonds is 4. The van der Waals surface area contributed by atoms with Gasteiger partial charge in [0.1, 0.15) is 5.75 Å². The zero-order valence-electron chi connectivity index (χ0n) is 26.6. The molecule has 14 heteroatoms. The molecule has 4 amide bonds. The largest absolute Gasteiger partial charge is 0.507 e. The highest BCUT2D eigenvalue weighted by Crippen LogP contribution is 2.64. The van der Waals surface area contributed by atoms with E-state index in [1.807, 2.05) is 6.08 Å². The van der Waals surface area contributed by atoms with Crippen LogP contribution in [0.2, 0.25) is 10.0 Å². The number of carbonyl (C=O) groups excluding carboxylic acids is 4. The highest BCUT2D eigenvalue weighted by molar-refractivity contribution is 6.33. The van der Waals surface area contributed by atoms with Gasteiger partial charge in [0.25, 0.3) is 11.8 Å². The molecular formula is C37H27Cl2F3N4O5. The molecule has 0 bridgehead atoms. The van der Waals surface area contributed by atoms with Gasteiger partial charge in [-0.1, -0.05) is 77.3 Å². The van der Waals surface area contributed by atoms with Crippen LogP contribution in [0.4, 0.5) is 19.0 Å². The molecule has 6 atom stereocenters. The molecule has 3 aromatic carbocycles. The number of aromatic nitrogens is 1. The lowest BCUT2D eigenvalue weighted by Crippen LogP contribution is -2.53. The van der Waals surface area contributed by atoms with E-state index in [4.69, 9.17) is 23.2 Å². The summed E-state index contributed by atoms with van der Waals surface area (Å²) in [5.74, 6) is -6.60. The van der Waals surface area contributed by atoms with E-state index in [0.717, 1.165) is 9.91 Å². The Balaban J connectivity index is 1.38. The summed E-state index contributed by atoms with van der Waals surface area (Å²) in [5, 5.41) is 12.6. The van der Waals surface area contributed by atoms with Crippen LogP contribution < -0.4 is 5.43 Å². The number of pyridine rings is 1. The number of alkyl halides is 3. The third-order valence-corrected chi connectivity index (χ3v) is 11.6. The van der Waals surface area contributed by atoms with E-state index in [1.54, 1.807) is 54.6 Å². The average molecular weight is 736 g/mol. The van der Waals surface area contributed by atoms with Crippen LogP contribution in [-0.2, 0) is 30.8 Å². The second kappa shape index (κ2) is 11.5. The van der Waals surface area contributed by atoms with E-state index in [1.165, 1.54) is 13.1 Å². The van der Waals surface area contributed by atoms with Gasteiger partial charge in [0.15, 0.2) is 5.82 Å². The molecule has 9 nitrogen and oxygen atoms in total. The molecule has 0 unspecified atom stereocenters. The molecule has 1 aromatic heterocycles. The van der Waals surface area contributed by atoms with Crippen LogP contribution in [-0.4, -0.2) is 50.7 Å². The second-order valence-corrected chi connectivity index (χ2v) is 14.2. The van der Waals surface area contributed by atoms with Gasteiger partial charge in [-0.25, -0.2) is 4.98 Å². The molecule has 3 fully saturated rings. The van der Waals surface area contributed by atoms with Gasteiger partial charge < -0.3 is 5.11 Å². The van der Waals surface area contributed by atoms with Gasteiger partial charge in [0.05, 0.1) is 33.8 Å². The van der Waals surface area contributed by atoms with Crippen molar-refractivity contribution < 1.29 is 37.5 Å². The predicted octanol–water partition coefficient (Wildman–Crippen LogP) is 6.88. The number of phenolic OH excluding ortho intramolecular Hbond substituents is 1. The number of nitrogens with zero attached hydrogens (tertiary/aromatic N) is 3. The highest BCUT2D eigenvalue weighted by Gasteiger charge is 2.70. The number of amides is 4. The first kappa shape index (κ1) is 33.2. The maximum atomic E-state index is 15.3. The number of fused-ring (bicyclic) bond motifs is 5. The lowest BCUT2D eigenvalue weighted by atomic mass is 9.49. The molecule has 2 aliphatic heterocycles. The van der Waals surface area contributed by atoms with E-state index in [-0.39, 0.29) is 36.2 Å². The number of aromatic hydroxyl groups is 1. The predicted molar refractivity (Wildman–Crippen MR) is 180 cm³/mol. The van der Waals surface area contributed by atoms with Gasteiger partial charge in [-0.3, -0.25) is 29.5 Å². The zero-order chi connectivity index (χ0) is 36.1. The number of hydrogen-bond donors (Lipinski definition) is 2. The van der Waals surface area contributed by atoms with Crippen LogP contribution in [0, 0.1) is 23.7 Å². The Bertz CT molecular complexity index is 2230. The van der Waals surface area contributed by atoms with Gasteiger partial charge in [0.2, 0.25) is 11.8 Å². The molecule has 260 valence electrons. The van der Waals surface area contributed by atoms with Gasteiger partial charge in [-0.05, 0) is 59.5 Å². The molecule has 2 aliphatic carbocycles. The maximum absolute atomic E-state index is 15.3. The molecule has 2 saturated heterocycles. The molecule has 3 heterocycles. The number of phenols is 1. The molecule has 0 spiro atoms. The number of benzene rings is 3. The third kappa shape index (κ3) is 4.72. The number of halogens is 5. The van der Waals surface area contributed by atoms with Gasteiger partial charge in [-0.2, -0.15) is 18.2 Å². The average Bonchev–Trinajstić information content (AvgIpc) is 3.46. The lowest BCUT2D eigenvalue weighted by Gasteiger charge is -2.51. The number of nitrogens with one attached hydrogen (secondary N) is 1. The van der Waals surface area contributed by atoms with Crippen LogP contribution >= 0.6 is 23.2 Å². The number of carbonyl (C=O) groups is 4. The zero-order valence-corrected chi connectivity index (χ0v) is 28.1. The summed E-state index contributed by atoms with van der Waals surface area (Å²) in [7, 11) is 1.44. The smallest absolute Gasteiger partial charge is 0.417 e. The Morgan fingerprint density at radius 3 is 2.31 bits per heavy atom.